The van der Waals surface area contributed by atoms with Crippen LogP contribution in [0.2, 0.25) is 0 Å². The number of rotatable bonds is 1. The van der Waals surface area contributed by atoms with Crippen molar-refractivity contribution in [2.75, 3.05) is 24.5 Å². The van der Waals surface area contributed by atoms with Gasteiger partial charge in [0.15, 0.2) is 0 Å². The Balaban J connectivity index is 1.81. The fourth-order valence-corrected chi connectivity index (χ4v) is 3.49. The zero-order chi connectivity index (χ0) is 12.6. The van der Waals surface area contributed by atoms with E-state index in [0.717, 1.165) is 25.3 Å². The number of hydrogen-bond donors (Lipinski definition) is 1. The molecule has 0 radical (unpaired) electrons. The molecule has 2 fully saturated rings. The van der Waals surface area contributed by atoms with Gasteiger partial charge in [0.25, 0.3) is 0 Å². The van der Waals surface area contributed by atoms with Crippen molar-refractivity contribution < 1.29 is 4.39 Å². The van der Waals surface area contributed by atoms with Gasteiger partial charge in [-0.05, 0) is 47.0 Å². The third-order valence-electron chi connectivity index (χ3n) is 4.20. The first kappa shape index (κ1) is 12.4. The second-order valence-electron chi connectivity index (χ2n) is 5.43. The van der Waals surface area contributed by atoms with Crippen molar-refractivity contribution in [2.24, 2.45) is 0 Å². The maximum atomic E-state index is 13.6. The molecule has 18 heavy (non-hydrogen) atoms. The lowest BCUT2D eigenvalue weighted by atomic mass is 9.94. The maximum absolute atomic E-state index is 13.6. The van der Waals surface area contributed by atoms with Crippen molar-refractivity contribution in [3.8, 4) is 0 Å². The highest BCUT2D eigenvalue weighted by Gasteiger charge is 2.37. The minimum Gasteiger partial charge on any atom is -0.368 e. The molecule has 0 unspecified atom stereocenters. The zero-order valence-electron chi connectivity index (χ0n) is 10.4. The molecule has 1 saturated carbocycles. The molecular formula is C14H18BrFN2. The van der Waals surface area contributed by atoms with Crippen molar-refractivity contribution in [3.05, 3.63) is 28.5 Å². The van der Waals surface area contributed by atoms with Crippen molar-refractivity contribution in [3.63, 3.8) is 0 Å². The van der Waals surface area contributed by atoms with Crippen molar-refractivity contribution >= 4 is 21.6 Å². The van der Waals surface area contributed by atoms with E-state index in [2.05, 4.69) is 26.1 Å². The molecule has 1 saturated heterocycles. The van der Waals surface area contributed by atoms with E-state index in [-0.39, 0.29) is 11.4 Å². The van der Waals surface area contributed by atoms with Crippen LogP contribution in [0.4, 0.5) is 10.1 Å². The maximum Gasteiger partial charge on any atom is 0.139 e. The molecule has 0 atom stereocenters. The predicted octanol–water partition coefficient (Wildman–Crippen LogP) is 3.31. The molecular weight excluding hydrogens is 295 g/mol. The van der Waals surface area contributed by atoms with Gasteiger partial charge in [-0.25, -0.2) is 4.39 Å². The first-order valence-electron chi connectivity index (χ1n) is 6.64. The van der Waals surface area contributed by atoms with Gasteiger partial charge in [-0.1, -0.05) is 12.8 Å². The Morgan fingerprint density at radius 3 is 2.78 bits per heavy atom. The Kier molecular flexibility index (Phi) is 3.32. The quantitative estimate of drug-likeness (QED) is 0.856. The summed E-state index contributed by atoms with van der Waals surface area (Å²) < 4.78 is 14.2. The van der Waals surface area contributed by atoms with Crippen molar-refractivity contribution in [1.29, 1.82) is 0 Å². The van der Waals surface area contributed by atoms with Crippen LogP contribution in [0.3, 0.4) is 0 Å². The van der Waals surface area contributed by atoms with E-state index in [1.165, 1.54) is 25.7 Å². The van der Waals surface area contributed by atoms with Gasteiger partial charge in [-0.15, -0.1) is 0 Å². The second kappa shape index (κ2) is 4.82. The summed E-state index contributed by atoms with van der Waals surface area (Å²) in [6, 6.07) is 5.44. The van der Waals surface area contributed by atoms with Crippen LogP contribution in [0.25, 0.3) is 0 Å². The SMILES string of the molecule is Fc1cc(N2CCNC3(CCCC3)C2)ccc1Br. The number of nitrogens with zero attached hydrogens (tertiary/aromatic N) is 1. The summed E-state index contributed by atoms with van der Waals surface area (Å²) in [6.45, 7) is 2.97. The lowest BCUT2D eigenvalue weighted by Crippen LogP contribution is -2.59. The Morgan fingerprint density at radius 1 is 1.28 bits per heavy atom. The van der Waals surface area contributed by atoms with Crippen LogP contribution in [-0.4, -0.2) is 25.2 Å². The molecule has 3 rings (SSSR count). The van der Waals surface area contributed by atoms with Gasteiger partial charge in [0.05, 0.1) is 4.47 Å². The summed E-state index contributed by atoms with van der Waals surface area (Å²) in [5.74, 6) is -0.175. The molecule has 1 aliphatic heterocycles. The highest BCUT2D eigenvalue weighted by atomic mass is 79.9. The van der Waals surface area contributed by atoms with Crippen LogP contribution in [0, 0.1) is 5.82 Å². The van der Waals surface area contributed by atoms with Crippen LogP contribution < -0.4 is 10.2 Å². The lowest BCUT2D eigenvalue weighted by Gasteiger charge is -2.42. The van der Waals surface area contributed by atoms with Gasteiger partial charge >= 0.3 is 0 Å². The summed E-state index contributed by atoms with van der Waals surface area (Å²) >= 11 is 3.21. The van der Waals surface area contributed by atoms with E-state index in [0.29, 0.717) is 4.47 Å². The molecule has 1 N–H and O–H groups in total. The third kappa shape index (κ3) is 2.28. The van der Waals surface area contributed by atoms with Crippen LogP contribution >= 0.6 is 15.9 Å². The molecule has 2 aliphatic rings. The number of nitrogens with one attached hydrogen (secondary N) is 1. The predicted molar refractivity (Wildman–Crippen MR) is 75.5 cm³/mol. The first-order valence-corrected chi connectivity index (χ1v) is 7.43. The first-order chi connectivity index (χ1) is 8.69. The molecule has 0 bridgehead atoms. The van der Waals surface area contributed by atoms with E-state index in [1.54, 1.807) is 12.1 Å². The summed E-state index contributed by atoms with van der Waals surface area (Å²) in [5.41, 5.74) is 1.28. The van der Waals surface area contributed by atoms with E-state index in [4.69, 9.17) is 0 Å². The van der Waals surface area contributed by atoms with E-state index < -0.39 is 0 Å². The summed E-state index contributed by atoms with van der Waals surface area (Å²) in [5, 5.41) is 3.68. The van der Waals surface area contributed by atoms with Gasteiger partial charge in [0, 0.05) is 30.9 Å². The Bertz CT molecular complexity index is 443. The average Bonchev–Trinajstić information content (AvgIpc) is 2.81. The molecule has 98 valence electrons. The number of hydrogen-bond acceptors (Lipinski definition) is 2. The Morgan fingerprint density at radius 2 is 2.06 bits per heavy atom. The van der Waals surface area contributed by atoms with Crippen LogP contribution in [0.1, 0.15) is 25.7 Å². The molecule has 1 aromatic carbocycles. The van der Waals surface area contributed by atoms with Crippen LogP contribution in [0.5, 0.6) is 0 Å². The number of halogens is 2. The zero-order valence-corrected chi connectivity index (χ0v) is 12.0. The highest BCUT2D eigenvalue weighted by molar-refractivity contribution is 9.10. The number of piperazine rings is 1. The smallest absolute Gasteiger partial charge is 0.139 e. The minimum absolute atomic E-state index is 0.175. The van der Waals surface area contributed by atoms with Gasteiger partial charge in [0.2, 0.25) is 0 Å². The van der Waals surface area contributed by atoms with Crippen molar-refractivity contribution in [2.45, 2.75) is 31.2 Å². The fourth-order valence-electron chi connectivity index (χ4n) is 3.25. The fraction of sp³-hybridized carbons (Fsp3) is 0.571. The third-order valence-corrected chi connectivity index (χ3v) is 4.85. The number of anilines is 1. The summed E-state index contributed by atoms with van der Waals surface area (Å²) in [4.78, 5) is 2.32. The molecule has 0 aromatic heterocycles. The molecule has 1 aliphatic carbocycles. The van der Waals surface area contributed by atoms with E-state index >= 15 is 0 Å². The molecule has 0 amide bonds. The largest absolute Gasteiger partial charge is 0.368 e. The lowest BCUT2D eigenvalue weighted by molar-refractivity contribution is 0.304. The summed E-state index contributed by atoms with van der Waals surface area (Å²) in [6.07, 6.45) is 5.14. The monoisotopic (exact) mass is 312 g/mol. The van der Waals surface area contributed by atoms with Crippen LogP contribution in [0.15, 0.2) is 22.7 Å². The van der Waals surface area contributed by atoms with Crippen LogP contribution in [-0.2, 0) is 0 Å². The molecule has 4 heteroatoms. The van der Waals surface area contributed by atoms with E-state index in [1.807, 2.05) is 6.07 Å². The Labute approximate surface area is 116 Å². The van der Waals surface area contributed by atoms with E-state index in [9.17, 15) is 4.39 Å². The normalized spacial score (nSPS) is 22.7. The average molecular weight is 313 g/mol. The summed E-state index contributed by atoms with van der Waals surface area (Å²) in [7, 11) is 0. The molecule has 2 nitrogen and oxygen atoms in total. The van der Waals surface area contributed by atoms with Gasteiger partial charge in [0.1, 0.15) is 5.82 Å². The second-order valence-corrected chi connectivity index (χ2v) is 6.29. The molecule has 1 spiro atoms. The topological polar surface area (TPSA) is 15.3 Å². The number of benzene rings is 1. The van der Waals surface area contributed by atoms with Gasteiger partial charge in [-0.3, -0.25) is 0 Å². The highest BCUT2D eigenvalue weighted by Crippen LogP contribution is 2.34. The minimum atomic E-state index is -0.175. The standard InChI is InChI=1S/C14H18BrFN2/c15-12-4-3-11(9-13(12)16)18-8-7-17-14(10-18)5-1-2-6-14/h3-4,9,17H,1-2,5-8,10H2. The van der Waals surface area contributed by atoms with Gasteiger partial charge < -0.3 is 10.2 Å². The Hall–Kier alpha value is -0.610. The molecule has 1 heterocycles. The van der Waals surface area contributed by atoms with Crippen molar-refractivity contribution in [1.82, 2.24) is 5.32 Å². The van der Waals surface area contributed by atoms with Gasteiger partial charge in [-0.2, -0.15) is 0 Å². The molecule has 1 aromatic rings.